The number of nitrogens with one attached hydrogen (secondary N) is 3. The van der Waals surface area contributed by atoms with Gasteiger partial charge in [0.25, 0.3) is 0 Å². The first kappa shape index (κ1) is 21.6. The number of rotatable bonds is 10. The van der Waals surface area contributed by atoms with E-state index in [4.69, 9.17) is 0 Å². The van der Waals surface area contributed by atoms with Crippen LogP contribution < -0.4 is 16.0 Å². The highest BCUT2D eigenvalue weighted by Gasteiger charge is 2.30. The minimum Gasteiger partial charge on any atom is -0.352 e. The van der Waals surface area contributed by atoms with Gasteiger partial charge in [0.1, 0.15) is 0 Å². The lowest BCUT2D eigenvalue weighted by molar-refractivity contribution is -0.118. The molecule has 0 aromatic heterocycles. The van der Waals surface area contributed by atoms with Crippen molar-refractivity contribution in [3.63, 3.8) is 0 Å². The summed E-state index contributed by atoms with van der Waals surface area (Å²) in [7, 11) is 0. The lowest BCUT2D eigenvalue weighted by Gasteiger charge is -2.33. The fraction of sp³-hybridized carbons (Fsp3) is 0.500. The molecule has 0 aliphatic heterocycles. The van der Waals surface area contributed by atoms with Gasteiger partial charge in [0.2, 0.25) is 17.7 Å². The van der Waals surface area contributed by atoms with Crippen molar-refractivity contribution in [2.24, 2.45) is 5.41 Å². The predicted molar refractivity (Wildman–Crippen MR) is 96.2 cm³/mol. The Bertz CT molecular complexity index is 476. The molecule has 3 N–H and O–H groups in total. The van der Waals surface area contributed by atoms with Crippen molar-refractivity contribution in [1.29, 1.82) is 0 Å². The van der Waals surface area contributed by atoms with Crippen molar-refractivity contribution in [2.75, 3.05) is 19.6 Å². The van der Waals surface area contributed by atoms with E-state index in [1.807, 2.05) is 6.92 Å². The average Bonchev–Trinajstić information content (AvgIpc) is 2.53. The molecule has 0 heterocycles. The van der Waals surface area contributed by atoms with Gasteiger partial charge in [-0.1, -0.05) is 26.7 Å². The molecule has 0 rings (SSSR count). The van der Waals surface area contributed by atoms with Crippen molar-refractivity contribution >= 4 is 17.7 Å². The maximum atomic E-state index is 11.8. The van der Waals surface area contributed by atoms with Crippen LogP contribution in [0.2, 0.25) is 0 Å². The van der Waals surface area contributed by atoms with Gasteiger partial charge in [-0.2, -0.15) is 0 Å². The van der Waals surface area contributed by atoms with Gasteiger partial charge < -0.3 is 16.0 Å². The van der Waals surface area contributed by atoms with Crippen molar-refractivity contribution in [3.8, 4) is 0 Å². The van der Waals surface area contributed by atoms with Gasteiger partial charge in [0, 0.05) is 41.8 Å². The largest absolute Gasteiger partial charge is 0.352 e. The van der Waals surface area contributed by atoms with Crippen LogP contribution in [0.3, 0.4) is 0 Å². The maximum Gasteiger partial charge on any atom is 0.246 e. The standard InChI is InChI=1S/C18H29N3O3/c1-8-18(9-19-15(22)12(2)3,10-20-16(23)13(4)5)11-21-17(24)14(6)7/h2,4,6,8-11H2,1,3,5,7H3,(H,19,22)(H,20,23)(H,21,24). The van der Waals surface area contributed by atoms with Crippen LogP contribution in [0, 0.1) is 5.41 Å². The zero-order valence-electron chi connectivity index (χ0n) is 15.2. The van der Waals surface area contributed by atoms with Gasteiger partial charge in [-0.05, 0) is 27.2 Å². The molecule has 0 bridgehead atoms. The second-order valence-electron chi connectivity index (χ2n) is 6.24. The lowest BCUT2D eigenvalue weighted by Crippen LogP contribution is -2.51. The summed E-state index contributed by atoms with van der Waals surface area (Å²) in [5.41, 5.74) is 0.673. The molecule has 6 nitrogen and oxygen atoms in total. The van der Waals surface area contributed by atoms with Crippen LogP contribution in [-0.4, -0.2) is 37.4 Å². The molecule has 6 heteroatoms. The Morgan fingerprint density at radius 1 is 0.708 bits per heavy atom. The molecule has 0 radical (unpaired) electrons. The van der Waals surface area contributed by atoms with E-state index in [1.54, 1.807) is 20.8 Å². The third kappa shape index (κ3) is 7.26. The summed E-state index contributed by atoms with van der Waals surface area (Å²) in [6, 6.07) is 0. The molecule has 134 valence electrons. The van der Waals surface area contributed by atoms with E-state index in [9.17, 15) is 14.4 Å². The molecule has 0 atom stereocenters. The monoisotopic (exact) mass is 335 g/mol. The van der Waals surface area contributed by atoms with Crippen LogP contribution in [0.25, 0.3) is 0 Å². The van der Waals surface area contributed by atoms with E-state index >= 15 is 0 Å². The molecular formula is C18H29N3O3. The Kier molecular flexibility index (Phi) is 8.74. The summed E-state index contributed by atoms with van der Waals surface area (Å²) in [6.45, 7) is 18.5. The second-order valence-corrected chi connectivity index (χ2v) is 6.24. The van der Waals surface area contributed by atoms with Gasteiger partial charge >= 0.3 is 0 Å². The van der Waals surface area contributed by atoms with E-state index in [0.29, 0.717) is 42.8 Å². The maximum absolute atomic E-state index is 11.8. The van der Waals surface area contributed by atoms with Crippen LogP contribution in [0.4, 0.5) is 0 Å². The summed E-state index contributed by atoms with van der Waals surface area (Å²) in [6.07, 6.45) is 0.635. The van der Waals surface area contributed by atoms with Crippen LogP contribution in [0.5, 0.6) is 0 Å². The second kappa shape index (κ2) is 9.70. The van der Waals surface area contributed by atoms with Crippen molar-refractivity contribution < 1.29 is 14.4 Å². The normalized spacial score (nSPS) is 10.5. The van der Waals surface area contributed by atoms with Gasteiger partial charge in [-0.3, -0.25) is 14.4 Å². The first-order valence-electron chi connectivity index (χ1n) is 7.86. The van der Waals surface area contributed by atoms with Crippen molar-refractivity contribution in [1.82, 2.24) is 16.0 Å². The van der Waals surface area contributed by atoms with Gasteiger partial charge in [-0.15, -0.1) is 0 Å². The van der Waals surface area contributed by atoms with Gasteiger partial charge in [-0.25, -0.2) is 0 Å². The van der Waals surface area contributed by atoms with Gasteiger partial charge in [0.05, 0.1) is 0 Å². The van der Waals surface area contributed by atoms with Crippen LogP contribution >= 0.6 is 0 Å². The highest BCUT2D eigenvalue weighted by molar-refractivity contribution is 5.93. The van der Waals surface area contributed by atoms with Crippen LogP contribution in [0.15, 0.2) is 36.5 Å². The smallest absolute Gasteiger partial charge is 0.246 e. The minimum absolute atomic E-state index is 0.259. The quantitative estimate of drug-likeness (QED) is 0.528. The Labute approximate surface area is 144 Å². The Morgan fingerprint density at radius 2 is 0.958 bits per heavy atom. The molecule has 0 saturated heterocycles. The number of carbonyl (C=O) groups is 3. The molecule has 24 heavy (non-hydrogen) atoms. The molecule has 0 aromatic carbocycles. The first-order valence-corrected chi connectivity index (χ1v) is 7.86. The molecule has 0 aromatic rings. The Balaban J connectivity index is 5.11. The zero-order valence-corrected chi connectivity index (χ0v) is 15.2. The van der Waals surface area contributed by atoms with E-state index in [2.05, 4.69) is 35.7 Å². The summed E-state index contributed by atoms with van der Waals surface area (Å²) in [4.78, 5) is 35.4. The number of hydrogen-bond acceptors (Lipinski definition) is 3. The predicted octanol–water partition coefficient (Wildman–Crippen LogP) is 1.46. The molecule has 0 fully saturated rings. The lowest BCUT2D eigenvalue weighted by atomic mass is 9.84. The Morgan fingerprint density at radius 3 is 1.12 bits per heavy atom. The fourth-order valence-corrected chi connectivity index (χ4v) is 1.82. The molecular weight excluding hydrogens is 306 g/mol. The topological polar surface area (TPSA) is 87.3 Å². The molecule has 0 aliphatic carbocycles. The van der Waals surface area contributed by atoms with E-state index in [1.165, 1.54) is 0 Å². The molecule has 0 unspecified atom stereocenters. The molecule has 0 aliphatic rings. The van der Waals surface area contributed by atoms with E-state index < -0.39 is 5.41 Å². The van der Waals surface area contributed by atoms with Crippen molar-refractivity contribution in [2.45, 2.75) is 34.1 Å². The molecule has 0 saturated carbocycles. The summed E-state index contributed by atoms with van der Waals surface area (Å²) >= 11 is 0. The minimum atomic E-state index is -0.526. The van der Waals surface area contributed by atoms with Crippen LogP contribution in [-0.2, 0) is 14.4 Å². The van der Waals surface area contributed by atoms with E-state index in [-0.39, 0.29) is 17.7 Å². The summed E-state index contributed by atoms with van der Waals surface area (Å²) in [5.74, 6) is -0.777. The molecule has 0 spiro atoms. The van der Waals surface area contributed by atoms with Gasteiger partial charge in [0.15, 0.2) is 0 Å². The third-order valence-electron chi connectivity index (χ3n) is 3.78. The first-order chi connectivity index (χ1) is 11.0. The summed E-state index contributed by atoms with van der Waals surface area (Å²) in [5, 5.41) is 8.38. The number of hydrogen-bond donors (Lipinski definition) is 3. The Hall–Kier alpha value is -2.37. The van der Waals surface area contributed by atoms with Crippen molar-refractivity contribution in [3.05, 3.63) is 36.5 Å². The highest BCUT2D eigenvalue weighted by atomic mass is 16.2. The highest BCUT2D eigenvalue weighted by Crippen LogP contribution is 2.20. The molecule has 3 amide bonds. The van der Waals surface area contributed by atoms with E-state index in [0.717, 1.165) is 0 Å². The SMILES string of the molecule is C=C(C)C(=O)NCC(CC)(CNC(=O)C(=C)C)CNC(=O)C(=C)C. The van der Waals surface area contributed by atoms with Crippen LogP contribution in [0.1, 0.15) is 34.1 Å². The zero-order chi connectivity index (χ0) is 18.9. The average molecular weight is 335 g/mol. The number of carbonyl (C=O) groups excluding carboxylic acids is 3. The third-order valence-corrected chi connectivity index (χ3v) is 3.78. The number of amides is 3. The summed E-state index contributed by atoms with van der Waals surface area (Å²) < 4.78 is 0. The fourth-order valence-electron chi connectivity index (χ4n) is 1.82.